The van der Waals surface area contributed by atoms with Gasteiger partial charge in [-0.3, -0.25) is 4.79 Å². The molecule has 2 aliphatic rings. The number of ether oxygens (including phenoxy) is 3. The zero-order chi connectivity index (χ0) is 30.2. The van der Waals surface area contributed by atoms with Gasteiger partial charge in [-0.25, -0.2) is 4.98 Å². The van der Waals surface area contributed by atoms with Gasteiger partial charge in [0.1, 0.15) is 12.2 Å². The molecule has 1 aromatic heterocycles. The second kappa shape index (κ2) is 11.6. The number of fused-ring (bicyclic) bond motifs is 1. The number of aromatic nitrogens is 1. The lowest BCUT2D eigenvalue weighted by Crippen LogP contribution is -2.35. The number of benzene rings is 2. The van der Waals surface area contributed by atoms with Gasteiger partial charge in [0, 0.05) is 29.7 Å². The van der Waals surface area contributed by atoms with Gasteiger partial charge in [0.05, 0.1) is 41.9 Å². The van der Waals surface area contributed by atoms with Crippen LogP contribution in [0.15, 0.2) is 42.5 Å². The Labute approximate surface area is 247 Å². The number of rotatable bonds is 12. The highest BCUT2D eigenvalue weighted by Gasteiger charge is 2.37. The molecule has 9 heteroatoms. The number of anilines is 1. The van der Waals surface area contributed by atoms with Crippen molar-refractivity contribution in [1.29, 1.82) is 0 Å². The molecule has 0 spiro atoms. The van der Waals surface area contributed by atoms with Gasteiger partial charge in [0.2, 0.25) is 5.75 Å². The summed E-state index contributed by atoms with van der Waals surface area (Å²) >= 11 is 0. The van der Waals surface area contributed by atoms with E-state index >= 15 is 0 Å². The number of ketones is 1. The van der Waals surface area contributed by atoms with Crippen molar-refractivity contribution >= 4 is 11.5 Å². The van der Waals surface area contributed by atoms with E-state index in [1.165, 1.54) is 7.11 Å². The van der Waals surface area contributed by atoms with E-state index in [1.807, 2.05) is 44.2 Å². The minimum atomic E-state index is -1.40. The Kier molecular flexibility index (Phi) is 8.20. The summed E-state index contributed by atoms with van der Waals surface area (Å²) in [6, 6.07) is 13.2. The Bertz CT molecular complexity index is 1460. The van der Waals surface area contributed by atoms with Crippen LogP contribution in [0.1, 0.15) is 73.6 Å². The Morgan fingerprint density at radius 1 is 1.21 bits per heavy atom. The van der Waals surface area contributed by atoms with Crippen LogP contribution in [0, 0.1) is 6.92 Å². The van der Waals surface area contributed by atoms with E-state index in [9.17, 15) is 15.0 Å². The van der Waals surface area contributed by atoms with Crippen molar-refractivity contribution in [2.75, 3.05) is 25.6 Å². The summed E-state index contributed by atoms with van der Waals surface area (Å²) < 4.78 is 17.4. The van der Waals surface area contributed by atoms with Crippen LogP contribution in [0.25, 0.3) is 11.3 Å². The number of carbonyl (C=O) groups excluding carboxylic acids is 1. The molecular weight excluding hydrogens is 534 g/mol. The van der Waals surface area contributed by atoms with Crippen LogP contribution in [-0.2, 0) is 11.1 Å². The van der Waals surface area contributed by atoms with Gasteiger partial charge in [0.15, 0.2) is 17.3 Å². The van der Waals surface area contributed by atoms with Crippen molar-refractivity contribution in [1.82, 2.24) is 4.98 Å². The molecule has 3 unspecified atom stereocenters. The first kappa shape index (κ1) is 29.8. The number of pyridine rings is 1. The fourth-order valence-corrected chi connectivity index (χ4v) is 5.06. The van der Waals surface area contributed by atoms with E-state index in [1.54, 1.807) is 26.0 Å². The normalized spacial score (nSPS) is 19.8. The quantitative estimate of drug-likeness (QED) is 0.224. The molecule has 0 amide bonds. The predicted octanol–water partition coefficient (Wildman–Crippen LogP) is 4.84. The van der Waals surface area contributed by atoms with Crippen molar-refractivity contribution in [3.05, 3.63) is 64.8 Å². The smallest absolute Gasteiger partial charge is 0.203 e. The van der Waals surface area contributed by atoms with Crippen molar-refractivity contribution in [2.24, 2.45) is 5.73 Å². The minimum absolute atomic E-state index is 0.0588. The maximum atomic E-state index is 13.5. The van der Waals surface area contributed by atoms with E-state index in [4.69, 9.17) is 24.9 Å². The van der Waals surface area contributed by atoms with E-state index < -0.39 is 17.2 Å². The lowest BCUT2D eigenvalue weighted by atomic mass is 9.88. The zero-order valence-electron chi connectivity index (χ0n) is 25.0. The standard InChI is InChI=1S/C33H41N3O6/c1-19-6-8-21(9-7-19)29-30-24(32(3,34)18-35-30)16-28(36-29)33(4,39)13-12-25(38)22-14-26(40-5)31(41-17-20(2)37)27(15-22)42-23-10-11-23/h6-9,14-16,20,23,35,37,39H,10-13,17-18,34H2,1-5H3. The summed E-state index contributed by atoms with van der Waals surface area (Å²) in [6.07, 6.45) is 1.43. The number of methoxy groups -OCH3 is 1. The molecule has 2 aromatic carbocycles. The SMILES string of the molecule is COc1cc(C(=O)CCC(C)(O)c2cc3c(c(-c4ccc(C)cc4)n2)NCC3(C)N)cc(OC2CC2)c1OCC(C)O. The number of nitrogens with two attached hydrogens (primary N) is 1. The maximum Gasteiger partial charge on any atom is 0.203 e. The molecule has 0 bridgehead atoms. The third-order valence-electron chi connectivity index (χ3n) is 7.83. The van der Waals surface area contributed by atoms with Crippen LogP contribution < -0.4 is 25.3 Å². The van der Waals surface area contributed by atoms with Crippen molar-refractivity contribution in [3.8, 4) is 28.5 Å². The molecule has 1 aliphatic carbocycles. The summed E-state index contributed by atoms with van der Waals surface area (Å²) in [5, 5.41) is 24.8. The number of nitrogens with zero attached hydrogens (tertiary/aromatic N) is 1. The fourth-order valence-electron chi connectivity index (χ4n) is 5.06. The van der Waals surface area contributed by atoms with Crippen molar-refractivity contribution in [3.63, 3.8) is 0 Å². The molecule has 2 heterocycles. The molecule has 9 nitrogen and oxygen atoms in total. The number of hydrogen-bond acceptors (Lipinski definition) is 9. The molecule has 42 heavy (non-hydrogen) atoms. The summed E-state index contributed by atoms with van der Waals surface area (Å²) in [5.41, 5.74) is 9.98. The lowest BCUT2D eigenvalue weighted by Gasteiger charge is -2.26. The molecule has 0 radical (unpaired) electrons. The second-order valence-corrected chi connectivity index (χ2v) is 12.1. The maximum absolute atomic E-state index is 13.5. The van der Waals surface area contributed by atoms with E-state index in [0.29, 0.717) is 35.1 Å². The molecule has 224 valence electrons. The van der Waals surface area contributed by atoms with Crippen LogP contribution >= 0.6 is 0 Å². The highest BCUT2D eigenvalue weighted by atomic mass is 16.5. The highest BCUT2D eigenvalue weighted by Crippen LogP contribution is 2.44. The average Bonchev–Trinajstić information content (AvgIpc) is 3.72. The molecular formula is C33H41N3O6. The topological polar surface area (TPSA) is 136 Å². The Morgan fingerprint density at radius 2 is 1.90 bits per heavy atom. The average molecular weight is 576 g/mol. The summed E-state index contributed by atoms with van der Waals surface area (Å²) in [6.45, 7) is 7.90. The highest BCUT2D eigenvalue weighted by molar-refractivity contribution is 5.97. The summed E-state index contributed by atoms with van der Waals surface area (Å²) in [4.78, 5) is 18.4. The van der Waals surface area contributed by atoms with E-state index in [-0.39, 0.29) is 31.3 Å². The summed E-state index contributed by atoms with van der Waals surface area (Å²) in [5.74, 6) is 0.937. The fraction of sp³-hybridized carbons (Fsp3) is 0.455. The second-order valence-electron chi connectivity index (χ2n) is 12.1. The first-order valence-corrected chi connectivity index (χ1v) is 14.5. The minimum Gasteiger partial charge on any atom is -0.493 e. The third-order valence-corrected chi connectivity index (χ3v) is 7.83. The Morgan fingerprint density at radius 3 is 2.55 bits per heavy atom. The van der Waals surface area contributed by atoms with Crippen LogP contribution in [-0.4, -0.2) is 53.4 Å². The number of nitrogens with one attached hydrogen (secondary N) is 1. The Hall–Kier alpha value is -3.66. The van der Waals surface area contributed by atoms with E-state index in [0.717, 1.165) is 40.9 Å². The molecule has 5 rings (SSSR count). The summed E-state index contributed by atoms with van der Waals surface area (Å²) in [7, 11) is 1.50. The molecule has 1 aliphatic heterocycles. The molecule has 3 aromatic rings. The van der Waals surface area contributed by atoms with Gasteiger partial charge >= 0.3 is 0 Å². The number of aryl methyl sites for hydroxylation is 1. The zero-order valence-corrected chi connectivity index (χ0v) is 25.0. The van der Waals surface area contributed by atoms with Crippen LogP contribution in [0.5, 0.6) is 17.2 Å². The largest absolute Gasteiger partial charge is 0.493 e. The van der Waals surface area contributed by atoms with Gasteiger partial charge in [0.25, 0.3) is 0 Å². The molecule has 1 saturated carbocycles. The van der Waals surface area contributed by atoms with Gasteiger partial charge < -0.3 is 35.5 Å². The van der Waals surface area contributed by atoms with E-state index in [2.05, 4.69) is 5.32 Å². The number of carbonyl (C=O) groups is 1. The molecule has 0 saturated heterocycles. The van der Waals surface area contributed by atoms with Crippen LogP contribution in [0.2, 0.25) is 0 Å². The van der Waals surface area contributed by atoms with Crippen molar-refractivity contribution < 1.29 is 29.2 Å². The van der Waals surface area contributed by atoms with Gasteiger partial charge in [-0.15, -0.1) is 0 Å². The number of aliphatic hydroxyl groups excluding tert-OH is 1. The Balaban J connectivity index is 1.41. The first-order valence-electron chi connectivity index (χ1n) is 14.5. The van der Waals surface area contributed by atoms with Gasteiger partial charge in [-0.05, 0) is 65.2 Å². The van der Waals surface area contributed by atoms with Crippen LogP contribution in [0.3, 0.4) is 0 Å². The molecule has 3 atom stereocenters. The number of hydrogen-bond donors (Lipinski definition) is 4. The lowest BCUT2D eigenvalue weighted by molar-refractivity contribution is 0.0397. The third kappa shape index (κ3) is 6.38. The van der Waals surface area contributed by atoms with Crippen LogP contribution in [0.4, 0.5) is 5.69 Å². The molecule has 5 N–H and O–H groups in total. The van der Waals surface area contributed by atoms with Crippen molar-refractivity contribution in [2.45, 2.75) is 76.7 Å². The number of aliphatic hydroxyl groups is 2. The monoisotopic (exact) mass is 575 g/mol. The van der Waals surface area contributed by atoms with Gasteiger partial charge in [-0.2, -0.15) is 0 Å². The van der Waals surface area contributed by atoms with Gasteiger partial charge in [-0.1, -0.05) is 29.8 Å². The molecule has 1 fully saturated rings. The predicted molar refractivity (Wildman–Crippen MR) is 161 cm³/mol. The number of Topliss-reactive ketones (excluding diaryl/α,β-unsaturated/α-hetero) is 1. The first-order chi connectivity index (χ1) is 19.9.